The van der Waals surface area contributed by atoms with Gasteiger partial charge in [0.15, 0.2) is 17.3 Å². The van der Waals surface area contributed by atoms with Gasteiger partial charge in [-0.1, -0.05) is 18.2 Å². The van der Waals surface area contributed by atoms with Gasteiger partial charge in [0.25, 0.3) is 0 Å². The van der Waals surface area contributed by atoms with Crippen LogP contribution >= 0.6 is 17.0 Å². The van der Waals surface area contributed by atoms with Gasteiger partial charge in [-0.15, -0.1) is 23.6 Å². The molecular formula is C18H19BrFNO3. The zero-order valence-corrected chi connectivity index (χ0v) is 14.7. The third-order valence-electron chi connectivity index (χ3n) is 4.24. The van der Waals surface area contributed by atoms with Crippen LogP contribution in [0.5, 0.6) is 17.2 Å². The van der Waals surface area contributed by atoms with Crippen molar-refractivity contribution in [2.45, 2.75) is 12.5 Å². The molecule has 1 aliphatic rings. The second-order valence-corrected chi connectivity index (χ2v) is 5.75. The minimum absolute atomic E-state index is 0. The fraction of sp³-hybridized carbons (Fsp3) is 0.222. The number of halogens is 2. The summed E-state index contributed by atoms with van der Waals surface area (Å²) in [6, 6.07) is 8.15. The average molecular weight is 396 g/mol. The highest BCUT2D eigenvalue weighted by molar-refractivity contribution is 8.93. The van der Waals surface area contributed by atoms with Crippen LogP contribution in [-0.4, -0.2) is 33.3 Å². The summed E-state index contributed by atoms with van der Waals surface area (Å²) in [5.41, 5.74) is 1.94. The first kappa shape index (κ1) is 18.3. The smallest absolute Gasteiger partial charge is 0.194 e. The Kier molecular flexibility index (Phi) is 5.51. The van der Waals surface area contributed by atoms with Crippen molar-refractivity contribution in [2.75, 3.05) is 13.1 Å². The van der Waals surface area contributed by atoms with Crippen LogP contribution in [0.4, 0.5) is 4.39 Å². The van der Waals surface area contributed by atoms with Gasteiger partial charge in [0.1, 0.15) is 5.75 Å². The predicted octanol–water partition coefficient (Wildman–Crippen LogP) is 3.65. The molecule has 0 bridgehead atoms. The standard InChI is InChI=1S/C18H18FNO3.BrH/c1-2-7-20-9-14(11-3-5-12(21)6-4-11)13-8-16(22)18(23)17(19)15(13)10-20;/h2-6,8,14,21-23H,1,7,9-10H2;1H. The molecule has 2 aromatic rings. The van der Waals surface area contributed by atoms with Gasteiger partial charge in [-0.3, -0.25) is 4.90 Å². The first-order valence-corrected chi connectivity index (χ1v) is 7.36. The molecule has 1 atom stereocenters. The third kappa shape index (κ3) is 3.25. The summed E-state index contributed by atoms with van der Waals surface area (Å²) >= 11 is 0. The summed E-state index contributed by atoms with van der Waals surface area (Å²) in [5.74, 6) is -1.96. The van der Waals surface area contributed by atoms with Gasteiger partial charge in [-0.05, 0) is 29.3 Å². The number of phenolic OH excluding ortho intramolecular Hbond substituents is 3. The van der Waals surface area contributed by atoms with E-state index in [1.165, 1.54) is 6.07 Å². The monoisotopic (exact) mass is 395 g/mol. The molecule has 0 saturated heterocycles. The number of hydrogen-bond acceptors (Lipinski definition) is 4. The number of hydrogen-bond donors (Lipinski definition) is 3. The Bertz CT molecular complexity index is 749. The summed E-state index contributed by atoms with van der Waals surface area (Å²) in [4.78, 5) is 2.02. The van der Waals surface area contributed by atoms with Crippen LogP contribution in [0.25, 0.3) is 0 Å². The number of nitrogens with zero attached hydrogens (tertiary/aromatic N) is 1. The zero-order valence-electron chi connectivity index (χ0n) is 12.9. The Hall–Kier alpha value is -2.05. The molecule has 1 heterocycles. The van der Waals surface area contributed by atoms with E-state index in [0.717, 1.165) is 5.56 Å². The minimum atomic E-state index is -0.780. The van der Waals surface area contributed by atoms with Crippen LogP contribution < -0.4 is 0 Å². The molecule has 6 heteroatoms. The van der Waals surface area contributed by atoms with Gasteiger partial charge >= 0.3 is 0 Å². The first-order chi connectivity index (χ1) is 11.0. The zero-order chi connectivity index (χ0) is 16.6. The Labute approximate surface area is 150 Å². The van der Waals surface area contributed by atoms with Gasteiger partial charge in [0.2, 0.25) is 0 Å². The molecule has 1 aliphatic heterocycles. The van der Waals surface area contributed by atoms with E-state index in [1.54, 1.807) is 30.3 Å². The maximum Gasteiger partial charge on any atom is 0.194 e. The second kappa shape index (κ2) is 7.23. The molecule has 0 spiro atoms. The Morgan fingerprint density at radius 3 is 2.50 bits per heavy atom. The maximum absolute atomic E-state index is 14.4. The number of phenols is 3. The van der Waals surface area contributed by atoms with Crippen LogP contribution in [0.3, 0.4) is 0 Å². The van der Waals surface area contributed by atoms with Crippen molar-refractivity contribution < 1.29 is 19.7 Å². The third-order valence-corrected chi connectivity index (χ3v) is 4.24. The van der Waals surface area contributed by atoms with Crippen molar-refractivity contribution in [1.82, 2.24) is 4.90 Å². The van der Waals surface area contributed by atoms with Gasteiger partial charge in [0, 0.05) is 31.1 Å². The van der Waals surface area contributed by atoms with Crippen molar-refractivity contribution in [3.8, 4) is 17.2 Å². The lowest BCUT2D eigenvalue weighted by molar-refractivity contribution is 0.257. The number of fused-ring (bicyclic) bond motifs is 1. The normalized spacial score (nSPS) is 17.0. The Morgan fingerprint density at radius 1 is 1.21 bits per heavy atom. The molecule has 0 radical (unpaired) electrons. The summed E-state index contributed by atoms with van der Waals surface area (Å²) in [5, 5.41) is 28.9. The number of rotatable bonds is 3. The second-order valence-electron chi connectivity index (χ2n) is 5.75. The molecule has 0 aromatic heterocycles. The van der Waals surface area contributed by atoms with E-state index in [-0.39, 0.29) is 28.6 Å². The van der Waals surface area contributed by atoms with Crippen molar-refractivity contribution in [3.05, 3.63) is 65.5 Å². The molecule has 3 N–H and O–H groups in total. The van der Waals surface area contributed by atoms with Crippen molar-refractivity contribution in [3.63, 3.8) is 0 Å². The average Bonchev–Trinajstić information content (AvgIpc) is 2.54. The summed E-state index contributed by atoms with van der Waals surface area (Å²) in [7, 11) is 0. The molecule has 1 unspecified atom stereocenters. The van der Waals surface area contributed by atoms with Gasteiger partial charge in [0.05, 0.1) is 0 Å². The van der Waals surface area contributed by atoms with E-state index in [4.69, 9.17) is 0 Å². The lowest BCUT2D eigenvalue weighted by atomic mass is 9.84. The molecule has 0 aliphatic carbocycles. The fourth-order valence-electron chi connectivity index (χ4n) is 3.11. The van der Waals surface area contributed by atoms with Crippen molar-refractivity contribution >= 4 is 17.0 Å². The molecule has 0 fully saturated rings. The minimum Gasteiger partial charge on any atom is -0.508 e. The van der Waals surface area contributed by atoms with E-state index < -0.39 is 17.3 Å². The lowest BCUT2D eigenvalue weighted by Gasteiger charge is -2.35. The van der Waals surface area contributed by atoms with E-state index in [0.29, 0.717) is 30.8 Å². The highest BCUT2D eigenvalue weighted by Gasteiger charge is 2.30. The fourth-order valence-corrected chi connectivity index (χ4v) is 3.11. The Morgan fingerprint density at radius 2 is 1.88 bits per heavy atom. The van der Waals surface area contributed by atoms with Crippen molar-refractivity contribution in [2.24, 2.45) is 0 Å². The molecule has 2 aromatic carbocycles. The molecule has 0 amide bonds. The Balaban J connectivity index is 0.00000208. The van der Waals surface area contributed by atoms with E-state index in [9.17, 15) is 19.7 Å². The molecular weight excluding hydrogens is 377 g/mol. The van der Waals surface area contributed by atoms with E-state index >= 15 is 0 Å². The quantitative estimate of drug-likeness (QED) is 0.548. The highest BCUT2D eigenvalue weighted by Crippen LogP contribution is 2.41. The van der Waals surface area contributed by atoms with Gasteiger partial charge in [-0.25, -0.2) is 4.39 Å². The lowest BCUT2D eigenvalue weighted by Crippen LogP contribution is -2.34. The largest absolute Gasteiger partial charge is 0.508 e. The van der Waals surface area contributed by atoms with Crippen LogP contribution in [0, 0.1) is 5.82 Å². The van der Waals surface area contributed by atoms with E-state index in [1.807, 2.05) is 4.90 Å². The SMILES string of the molecule is Br.C=CCN1Cc2c(cc(O)c(O)c2F)C(c2ccc(O)cc2)C1. The van der Waals surface area contributed by atoms with Crippen LogP contribution in [-0.2, 0) is 6.54 Å². The number of benzene rings is 2. The molecule has 128 valence electrons. The molecule has 0 saturated carbocycles. The van der Waals surface area contributed by atoms with Gasteiger partial charge < -0.3 is 15.3 Å². The highest BCUT2D eigenvalue weighted by atomic mass is 79.9. The van der Waals surface area contributed by atoms with E-state index in [2.05, 4.69) is 6.58 Å². The van der Waals surface area contributed by atoms with Gasteiger partial charge in [-0.2, -0.15) is 0 Å². The van der Waals surface area contributed by atoms with Crippen LogP contribution in [0.15, 0.2) is 43.0 Å². The topological polar surface area (TPSA) is 63.9 Å². The summed E-state index contributed by atoms with van der Waals surface area (Å²) in [6.45, 7) is 5.28. The molecule has 24 heavy (non-hydrogen) atoms. The van der Waals surface area contributed by atoms with Crippen molar-refractivity contribution in [1.29, 1.82) is 0 Å². The van der Waals surface area contributed by atoms with Crippen LogP contribution in [0.2, 0.25) is 0 Å². The molecule has 4 nitrogen and oxygen atoms in total. The first-order valence-electron chi connectivity index (χ1n) is 7.36. The number of aromatic hydroxyl groups is 3. The van der Waals surface area contributed by atoms with Crippen LogP contribution in [0.1, 0.15) is 22.6 Å². The maximum atomic E-state index is 14.4. The summed E-state index contributed by atoms with van der Waals surface area (Å²) in [6.07, 6.45) is 1.75. The summed E-state index contributed by atoms with van der Waals surface area (Å²) < 4.78 is 14.4. The predicted molar refractivity (Wildman–Crippen MR) is 95.5 cm³/mol. The molecule has 3 rings (SSSR count).